The smallest absolute Gasteiger partial charge is 0.0732 e. The van der Waals surface area contributed by atoms with Crippen LogP contribution < -0.4 is 4.84 Å². The third-order valence-corrected chi connectivity index (χ3v) is 2.71. The average molecular weight is 248 g/mol. The van der Waals surface area contributed by atoms with E-state index in [-0.39, 0.29) is 0 Å². The molecule has 88 valence electrons. The highest BCUT2D eigenvalue weighted by Gasteiger charge is 2.05. The van der Waals surface area contributed by atoms with Crippen LogP contribution in [0.3, 0.4) is 0 Å². The summed E-state index contributed by atoms with van der Waals surface area (Å²) >= 11 is 5.48. The molecule has 0 fully saturated rings. The van der Waals surface area contributed by atoms with Crippen molar-refractivity contribution >= 4 is 11.8 Å². The van der Waals surface area contributed by atoms with E-state index in [1.807, 2.05) is 25.3 Å². The highest BCUT2D eigenvalue weighted by molar-refractivity contribution is 6.13. The third kappa shape index (κ3) is 2.81. The maximum atomic E-state index is 5.48. The minimum Gasteiger partial charge on any atom is -0.262 e. The van der Waals surface area contributed by atoms with Crippen molar-refractivity contribution in [1.82, 2.24) is 14.8 Å². The number of hydrogen-bond acceptors (Lipinski definition) is 3. The van der Waals surface area contributed by atoms with Crippen molar-refractivity contribution in [3.8, 4) is 11.3 Å². The lowest BCUT2D eigenvalue weighted by Gasteiger charge is -2.07. The van der Waals surface area contributed by atoms with E-state index >= 15 is 0 Å². The standard InChI is InChI=1S/C13H14ClN3/c1-9-5-11(8-17-14)7-16-13(9)12-3-4-15-10(2)6-12/h3-7,17H,8H2,1-2H3. The van der Waals surface area contributed by atoms with Crippen molar-refractivity contribution in [3.63, 3.8) is 0 Å². The number of aromatic nitrogens is 2. The first-order valence-electron chi connectivity index (χ1n) is 5.43. The molecule has 0 radical (unpaired) electrons. The number of nitrogens with zero attached hydrogens (tertiary/aromatic N) is 2. The first-order valence-corrected chi connectivity index (χ1v) is 5.80. The summed E-state index contributed by atoms with van der Waals surface area (Å²) in [6.07, 6.45) is 3.65. The Hall–Kier alpha value is -1.45. The first kappa shape index (κ1) is 12.0. The second-order valence-electron chi connectivity index (χ2n) is 4.01. The first-order chi connectivity index (χ1) is 8.20. The minimum absolute atomic E-state index is 0.616. The lowest BCUT2D eigenvalue weighted by Crippen LogP contribution is -2.00. The van der Waals surface area contributed by atoms with Crippen molar-refractivity contribution in [1.29, 1.82) is 0 Å². The molecule has 0 aliphatic heterocycles. The molecule has 0 saturated carbocycles. The molecular formula is C13H14ClN3. The monoisotopic (exact) mass is 247 g/mol. The normalized spacial score (nSPS) is 10.5. The van der Waals surface area contributed by atoms with Gasteiger partial charge in [-0.05, 0) is 48.9 Å². The van der Waals surface area contributed by atoms with Gasteiger partial charge < -0.3 is 0 Å². The van der Waals surface area contributed by atoms with Crippen LogP contribution in [0.4, 0.5) is 0 Å². The Morgan fingerprint density at radius 2 is 2.06 bits per heavy atom. The van der Waals surface area contributed by atoms with E-state index in [0.717, 1.165) is 28.1 Å². The average Bonchev–Trinajstić information content (AvgIpc) is 2.29. The van der Waals surface area contributed by atoms with Crippen molar-refractivity contribution in [3.05, 3.63) is 47.4 Å². The van der Waals surface area contributed by atoms with E-state index < -0.39 is 0 Å². The third-order valence-electron chi connectivity index (χ3n) is 2.58. The van der Waals surface area contributed by atoms with Gasteiger partial charge in [-0.2, -0.15) is 0 Å². The van der Waals surface area contributed by atoms with E-state index in [4.69, 9.17) is 11.8 Å². The summed E-state index contributed by atoms with van der Waals surface area (Å²) in [5, 5.41) is 0. The number of nitrogens with one attached hydrogen (secondary N) is 1. The van der Waals surface area contributed by atoms with Gasteiger partial charge in [0.15, 0.2) is 0 Å². The fourth-order valence-corrected chi connectivity index (χ4v) is 1.96. The van der Waals surface area contributed by atoms with Gasteiger partial charge in [0.05, 0.1) is 5.69 Å². The van der Waals surface area contributed by atoms with Crippen LogP contribution in [-0.4, -0.2) is 9.97 Å². The second kappa shape index (κ2) is 5.25. The molecule has 0 saturated heterocycles. The minimum atomic E-state index is 0.616. The summed E-state index contributed by atoms with van der Waals surface area (Å²) in [6.45, 7) is 4.64. The van der Waals surface area contributed by atoms with Crippen LogP contribution in [0.25, 0.3) is 11.3 Å². The van der Waals surface area contributed by atoms with Gasteiger partial charge in [-0.3, -0.25) is 9.97 Å². The van der Waals surface area contributed by atoms with Crippen molar-refractivity contribution in [2.75, 3.05) is 0 Å². The van der Waals surface area contributed by atoms with Crippen LogP contribution in [0.2, 0.25) is 0 Å². The summed E-state index contributed by atoms with van der Waals surface area (Å²) in [6, 6.07) is 6.10. The van der Waals surface area contributed by atoms with Gasteiger partial charge in [0.2, 0.25) is 0 Å². The van der Waals surface area contributed by atoms with Crippen LogP contribution in [-0.2, 0) is 6.54 Å². The van der Waals surface area contributed by atoms with Gasteiger partial charge in [-0.25, -0.2) is 4.84 Å². The van der Waals surface area contributed by atoms with Gasteiger partial charge >= 0.3 is 0 Å². The summed E-state index contributed by atoms with van der Waals surface area (Å²) < 4.78 is 0. The zero-order valence-corrected chi connectivity index (χ0v) is 10.6. The molecule has 0 bridgehead atoms. The van der Waals surface area contributed by atoms with E-state index in [9.17, 15) is 0 Å². The molecule has 0 unspecified atom stereocenters. The van der Waals surface area contributed by atoms with Crippen LogP contribution in [0, 0.1) is 13.8 Å². The fourth-order valence-electron chi connectivity index (χ4n) is 1.80. The zero-order chi connectivity index (χ0) is 12.3. The topological polar surface area (TPSA) is 37.8 Å². The molecule has 4 heteroatoms. The number of halogens is 1. The van der Waals surface area contributed by atoms with E-state index in [1.54, 1.807) is 6.20 Å². The Labute approximate surface area is 106 Å². The molecular weight excluding hydrogens is 234 g/mol. The highest BCUT2D eigenvalue weighted by atomic mass is 35.5. The van der Waals surface area contributed by atoms with Crippen LogP contribution in [0.5, 0.6) is 0 Å². The Balaban J connectivity index is 2.39. The largest absolute Gasteiger partial charge is 0.262 e. The van der Waals surface area contributed by atoms with Gasteiger partial charge in [0.25, 0.3) is 0 Å². The van der Waals surface area contributed by atoms with Crippen molar-refractivity contribution < 1.29 is 0 Å². The Kier molecular flexibility index (Phi) is 3.71. The molecule has 0 aliphatic rings. The SMILES string of the molecule is Cc1cc(-c2ncc(CNCl)cc2C)ccn1. The van der Waals surface area contributed by atoms with E-state index in [2.05, 4.69) is 27.8 Å². The molecule has 0 aromatic carbocycles. The predicted molar refractivity (Wildman–Crippen MR) is 69.6 cm³/mol. The number of rotatable bonds is 3. The quantitative estimate of drug-likeness (QED) is 0.848. The van der Waals surface area contributed by atoms with E-state index in [0.29, 0.717) is 6.54 Å². The molecule has 0 aliphatic carbocycles. The van der Waals surface area contributed by atoms with Gasteiger partial charge in [0, 0.05) is 30.2 Å². The maximum Gasteiger partial charge on any atom is 0.0732 e. The van der Waals surface area contributed by atoms with Gasteiger partial charge in [-0.15, -0.1) is 0 Å². The van der Waals surface area contributed by atoms with Gasteiger partial charge in [0.1, 0.15) is 0 Å². The maximum absolute atomic E-state index is 5.48. The Morgan fingerprint density at radius 1 is 1.24 bits per heavy atom. The zero-order valence-electron chi connectivity index (χ0n) is 9.87. The second-order valence-corrected chi connectivity index (χ2v) is 4.27. The highest BCUT2D eigenvalue weighted by Crippen LogP contribution is 2.21. The summed E-state index contributed by atoms with van der Waals surface area (Å²) in [4.78, 5) is 11.3. The molecule has 0 atom stereocenters. The summed E-state index contributed by atoms with van der Waals surface area (Å²) in [5.41, 5.74) is 5.30. The Morgan fingerprint density at radius 3 is 2.71 bits per heavy atom. The summed E-state index contributed by atoms with van der Waals surface area (Å²) in [5.74, 6) is 0. The molecule has 0 spiro atoms. The van der Waals surface area contributed by atoms with Crippen molar-refractivity contribution in [2.24, 2.45) is 0 Å². The van der Waals surface area contributed by atoms with Crippen LogP contribution >= 0.6 is 11.8 Å². The molecule has 1 N–H and O–H groups in total. The molecule has 2 heterocycles. The van der Waals surface area contributed by atoms with Crippen molar-refractivity contribution in [2.45, 2.75) is 20.4 Å². The molecule has 2 aromatic heterocycles. The molecule has 17 heavy (non-hydrogen) atoms. The number of hydrogen-bond donors (Lipinski definition) is 1. The molecule has 2 rings (SSSR count). The van der Waals surface area contributed by atoms with E-state index in [1.165, 1.54) is 0 Å². The lowest BCUT2D eigenvalue weighted by molar-refractivity contribution is 0.948. The summed E-state index contributed by atoms with van der Waals surface area (Å²) in [7, 11) is 0. The van der Waals surface area contributed by atoms with Gasteiger partial charge in [-0.1, -0.05) is 6.07 Å². The molecule has 0 amide bonds. The molecule has 3 nitrogen and oxygen atoms in total. The van der Waals surface area contributed by atoms with Crippen LogP contribution in [0.15, 0.2) is 30.6 Å². The Bertz CT molecular complexity index is 526. The van der Waals surface area contributed by atoms with Crippen LogP contribution in [0.1, 0.15) is 16.8 Å². The fraction of sp³-hybridized carbons (Fsp3) is 0.231. The number of aryl methyl sites for hydroxylation is 2. The lowest BCUT2D eigenvalue weighted by atomic mass is 10.1. The predicted octanol–water partition coefficient (Wildman–Crippen LogP) is 3.00. The number of pyridine rings is 2. The molecule has 2 aromatic rings.